The molecule has 0 amide bonds. The second kappa shape index (κ2) is 17.5. The SMILES string of the molecule is C.CN.CN.CS.Cc1nc2ccc3cnc(N(C)c4cccc([N+](=O)[O-])c4)nc3c2s1.N.N. The molecule has 4 aromatic rings. The molecule has 2 heterocycles. The first-order valence-corrected chi connectivity index (χ1v) is 10.9. The lowest BCUT2D eigenvalue weighted by Crippen LogP contribution is -2.13. The van der Waals surface area contributed by atoms with Gasteiger partial charge in [0.05, 0.1) is 31.4 Å². The van der Waals surface area contributed by atoms with Gasteiger partial charge < -0.3 is 28.7 Å². The number of nitrogens with two attached hydrogens (primary N) is 2. The number of aromatic nitrogens is 3. The summed E-state index contributed by atoms with van der Waals surface area (Å²) in [7, 11) is 4.79. The number of nitro benzene ring substituents is 1. The number of hydrogen-bond donors (Lipinski definition) is 5. The minimum atomic E-state index is -0.414. The second-order valence-corrected chi connectivity index (χ2v) is 6.79. The fourth-order valence-corrected chi connectivity index (χ4v) is 3.59. The van der Waals surface area contributed by atoms with Crippen molar-refractivity contribution >= 4 is 62.4 Å². The number of rotatable bonds is 3. The van der Waals surface area contributed by atoms with Gasteiger partial charge in [0.25, 0.3) is 5.69 Å². The first-order chi connectivity index (χ1) is 15.0. The molecular weight excluding hydrogens is 474 g/mol. The first kappa shape index (κ1) is 35.6. The number of benzene rings is 2. The molecule has 4 rings (SSSR count). The van der Waals surface area contributed by atoms with Crippen molar-refractivity contribution in [3.05, 3.63) is 57.7 Å². The zero-order valence-corrected chi connectivity index (χ0v) is 21.2. The lowest BCUT2D eigenvalue weighted by molar-refractivity contribution is -0.384. The summed E-state index contributed by atoms with van der Waals surface area (Å²) in [6.07, 6.45) is 3.46. The molecule has 10 N–H and O–H groups in total. The average Bonchev–Trinajstić information content (AvgIpc) is 3.23. The highest BCUT2D eigenvalue weighted by molar-refractivity contribution is 7.79. The summed E-state index contributed by atoms with van der Waals surface area (Å²) in [5.41, 5.74) is 11.4. The largest absolute Gasteiger partial charge is 0.344 e. The van der Waals surface area contributed by atoms with E-state index in [1.807, 2.05) is 19.1 Å². The smallest absolute Gasteiger partial charge is 0.271 e. The van der Waals surface area contributed by atoms with Crippen LogP contribution in [0.4, 0.5) is 17.3 Å². The number of anilines is 2. The molecule has 0 unspecified atom stereocenters. The molecule has 2 aromatic carbocycles. The van der Waals surface area contributed by atoms with Crippen LogP contribution in [0, 0.1) is 17.0 Å². The molecule has 0 aliphatic carbocycles. The Hall–Kier alpha value is -2.94. The maximum Gasteiger partial charge on any atom is 0.271 e. The minimum absolute atomic E-state index is 0. The lowest BCUT2D eigenvalue weighted by atomic mass is 10.2. The number of aryl methyl sites for hydroxylation is 1. The average molecular weight is 512 g/mol. The van der Waals surface area contributed by atoms with E-state index >= 15 is 0 Å². The van der Waals surface area contributed by atoms with Crippen LogP contribution in [0.25, 0.3) is 21.1 Å². The molecule has 0 saturated heterocycles. The van der Waals surface area contributed by atoms with Gasteiger partial charge in [0.2, 0.25) is 5.95 Å². The fourth-order valence-electron chi connectivity index (χ4n) is 2.67. The molecule has 0 aliphatic heterocycles. The molecular formula is C21H37N9O2S2. The van der Waals surface area contributed by atoms with Crippen LogP contribution in [0.15, 0.2) is 42.6 Å². The molecule has 0 fully saturated rings. The molecule has 0 saturated carbocycles. The van der Waals surface area contributed by atoms with Gasteiger partial charge >= 0.3 is 0 Å². The molecule has 0 atom stereocenters. The summed E-state index contributed by atoms with van der Waals surface area (Å²) in [6.45, 7) is 1.97. The van der Waals surface area contributed by atoms with Crippen LogP contribution in [0.3, 0.4) is 0 Å². The standard InChI is InChI=1S/C17H13N5O2S.2CH5N.CH4S.CH4.2H3N/c1-10-19-14-7-6-11-9-18-17(20-15(11)16(14)25-10)21(2)12-4-3-5-13(8-12)22(23)24;3*1-2;;;/h3-9H,1-2H3;2*2H2,1H3;2H,1H3;1H4;2*1H3. The van der Waals surface area contributed by atoms with Crippen molar-refractivity contribution in [3.8, 4) is 0 Å². The Morgan fingerprint density at radius 1 is 1.06 bits per heavy atom. The van der Waals surface area contributed by atoms with Crippen LogP contribution in [-0.2, 0) is 0 Å². The van der Waals surface area contributed by atoms with E-state index in [1.165, 1.54) is 26.2 Å². The maximum absolute atomic E-state index is 11.0. The molecule has 0 aliphatic rings. The Morgan fingerprint density at radius 3 is 2.26 bits per heavy atom. The molecule has 0 spiro atoms. The van der Waals surface area contributed by atoms with E-state index in [4.69, 9.17) is 0 Å². The monoisotopic (exact) mass is 511 g/mol. The maximum atomic E-state index is 11.0. The van der Waals surface area contributed by atoms with E-state index in [2.05, 4.69) is 39.0 Å². The minimum Gasteiger partial charge on any atom is -0.344 e. The van der Waals surface area contributed by atoms with Crippen LogP contribution in [0.2, 0.25) is 0 Å². The van der Waals surface area contributed by atoms with Crippen molar-refractivity contribution in [1.82, 2.24) is 27.3 Å². The van der Waals surface area contributed by atoms with Crippen LogP contribution in [0.5, 0.6) is 0 Å². The highest BCUT2D eigenvalue weighted by Gasteiger charge is 2.14. The van der Waals surface area contributed by atoms with Gasteiger partial charge in [-0.3, -0.25) is 10.1 Å². The Balaban J connectivity index is -0.000000994. The predicted molar refractivity (Wildman–Crippen MR) is 151 cm³/mol. The van der Waals surface area contributed by atoms with Crippen molar-refractivity contribution in [2.24, 2.45) is 11.5 Å². The summed E-state index contributed by atoms with van der Waals surface area (Å²) in [6, 6.07) is 10.3. The Labute approximate surface area is 210 Å². The predicted octanol–water partition coefficient (Wildman–Crippen LogP) is 4.88. The highest BCUT2D eigenvalue weighted by Crippen LogP contribution is 2.31. The number of non-ortho nitro benzene ring substituents is 1. The van der Waals surface area contributed by atoms with Gasteiger partial charge in [0.1, 0.15) is 0 Å². The van der Waals surface area contributed by atoms with Crippen LogP contribution in [0.1, 0.15) is 12.4 Å². The second-order valence-electron chi connectivity index (χ2n) is 5.59. The Morgan fingerprint density at radius 2 is 1.68 bits per heavy atom. The summed E-state index contributed by atoms with van der Waals surface area (Å²) in [5.74, 6) is 0.478. The highest BCUT2D eigenvalue weighted by atomic mass is 32.1. The van der Waals surface area contributed by atoms with E-state index in [0.717, 1.165) is 26.1 Å². The van der Waals surface area contributed by atoms with Crippen LogP contribution >= 0.6 is 24.0 Å². The molecule has 11 nitrogen and oxygen atoms in total. The lowest BCUT2D eigenvalue weighted by Gasteiger charge is -2.17. The number of nitro groups is 1. The number of hydrogen-bond acceptors (Lipinski definition) is 12. The van der Waals surface area contributed by atoms with Crippen molar-refractivity contribution < 1.29 is 4.92 Å². The van der Waals surface area contributed by atoms with Crippen molar-refractivity contribution in [1.29, 1.82) is 0 Å². The van der Waals surface area contributed by atoms with E-state index in [9.17, 15) is 10.1 Å². The third-order valence-corrected chi connectivity index (χ3v) is 4.92. The van der Waals surface area contributed by atoms with Gasteiger partial charge in [0, 0.05) is 30.8 Å². The van der Waals surface area contributed by atoms with Gasteiger partial charge in [-0.15, -0.1) is 11.3 Å². The van der Waals surface area contributed by atoms with Gasteiger partial charge in [0.15, 0.2) is 0 Å². The summed E-state index contributed by atoms with van der Waals surface area (Å²) in [5, 5.41) is 12.9. The molecule has 0 bridgehead atoms. The van der Waals surface area contributed by atoms with E-state index in [-0.39, 0.29) is 25.4 Å². The molecule has 34 heavy (non-hydrogen) atoms. The van der Waals surface area contributed by atoms with Gasteiger partial charge in [-0.2, -0.15) is 12.6 Å². The number of fused-ring (bicyclic) bond motifs is 3. The topological polar surface area (TPSA) is 207 Å². The number of thiazole rings is 1. The summed E-state index contributed by atoms with van der Waals surface area (Å²) >= 11 is 5.12. The normalized spacial score (nSPS) is 8.71. The van der Waals surface area contributed by atoms with Crippen molar-refractivity contribution in [2.75, 3.05) is 32.3 Å². The van der Waals surface area contributed by atoms with Gasteiger partial charge in [-0.25, -0.2) is 15.0 Å². The van der Waals surface area contributed by atoms with Gasteiger partial charge in [-0.1, -0.05) is 13.5 Å². The number of thiol groups is 1. The Kier molecular flexibility index (Phi) is 18.4. The van der Waals surface area contributed by atoms with E-state index < -0.39 is 4.92 Å². The van der Waals surface area contributed by atoms with Crippen molar-refractivity contribution in [3.63, 3.8) is 0 Å². The quantitative estimate of drug-likeness (QED) is 0.143. The molecule has 2 aromatic heterocycles. The number of nitrogens with zero attached hydrogens (tertiary/aromatic N) is 5. The van der Waals surface area contributed by atoms with Crippen LogP contribution in [-0.4, -0.2) is 47.3 Å². The third-order valence-electron chi connectivity index (χ3n) is 3.93. The fraction of sp³-hybridized carbons (Fsp3) is 0.286. The molecule has 190 valence electrons. The first-order valence-electron chi connectivity index (χ1n) is 9.14. The van der Waals surface area contributed by atoms with Crippen LogP contribution < -0.4 is 28.7 Å². The summed E-state index contributed by atoms with van der Waals surface area (Å²) < 4.78 is 1.02. The van der Waals surface area contributed by atoms with Crippen molar-refractivity contribution in [2.45, 2.75) is 14.4 Å². The zero-order valence-electron chi connectivity index (χ0n) is 19.5. The molecule has 0 radical (unpaired) electrons. The Bertz CT molecular complexity index is 1140. The van der Waals surface area contributed by atoms with E-state index in [1.54, 1.807) is 47.9 Å². The zero-order chi connectivity index (χ0) is 23.6. The molecule has 13 heteroatoms. The van der Waals surface area contributed by atoms with Gasteiger partial charge in [-0.05, 0) is 45.5 Å². The summed E-state index contributed by atoms with van der Waals surface area (Å²) in [4.78, 5) is 25.9. The van der Waals surface area contributed by atoms with E-state index in [0.29, 0.717) is 11.6 Å². The third kappa shape index (κ3) is 8.13.